The predicted octanol–water partition coefficient (Wildman–Crippen LogP) is 27.0. The van der Waals surface area contributed by atoms with Crippen LogP contribution in [0.4, 0.5) is 0 Å². The van der Waals surface area contributed by atoms with E-state index >= 15 is 0 Å². The van der Waals surface area contributed by atoms with Crippen molar-refractivity contribution in [1.82, 2.24) is 44.9 Å². The molecule has 0 N–H and O–H groups in total. The number of fused-ring (bicyclic) bond motifs is 9. The summed E-state index contributed by atoms with van der Waals surface area (Å²) in [5, 5.41) is 7.86. The van der Waals surface area contributed by atoms with E-state index in [1.165, 1.54) is 96.8 Å². The molecule has 0 aliphatic heterocycles. The van der Waals surface area contributed by atoms with Crippen LogP contribution in [0.3, 0.4) is 0 Å². The molecule has 6 heterocycles. The summed E-state index contributed by atoms with van der Waals surface area (Å²) in [6.07, 6.45) is 0. The van der Waals surface area contributed by atoms with Gasteiger partial charge in [0.05, 0.1) is 0 Å². The van der Waals surface area contributed by atoms with Crippen LogP contribution in [0.5, 0.6) is 0 Å². The molecule has 0 amide bonds. The van der Waals surface area contributed by atoms with Gasteiger partial charge in [0, 0.05) is 0 Å². The summed E-state index contributed by atoms with van der Waals surface area (Å²) in [6, 6.07) is 150. The zero-order valence-corrected chi connectivity index (χ0v) is 71.4. The van der Waals surface area contributed by atoms with Crippen LogP contribution >= 0.6 is 0 Å². The standard InChI is InChI=1S/2C39H25N3Se.C33H21N3Se/c1-4-12-26(13-5-1)27-22-24-30(25-23-27)38-40-37(29-16-8-3-9-17-29)41-39(42-38)34-21-11-20-33-32-19-10-18-31(35(32)43-36(33)34)28-14-6-2-7-15-28;1-4-12-26(13-5-1)29-18-10-19-30(24-29)38-40-37(28-16-8-3-9-17-28)41-39(42-38)31-22-23-33-34-21-11-20-32(27-14-6-2-7-15-27)36(34)43-35(33)25-31;1-3-10-22(11-4-1)23-18-20-25(21-19-23)32-34-31(24-12-5-2-6-13-24)35-33(36-32)28-16-9-15-27-26-14-7-8-17-29(26)37-30(27)28/h2*1-25H;1-21H. The van der Waals surface area contributed by atoms with Crippen LogP contribution < -0.4 is 0 Å². The van der Waals surface area contributed by atoms with Gasteiger partial charge in [-0.25, -0.2) is 0 Å². The molecule has 0 saturated heterocycles. The van der Waals surface area contributed by atoms with Gasteiger partial charge in [0.2, 0.25) is 0 Å². The number of hydrogen-bond acceptors (Lipinski definition) is 9. The number of rotatable bonds is 14. The summed E-state index contributed by atoms with van der Waals surface area (Å²) >= 11 is 0.486. The monoisotopic (exact) mass is 1770 g/mol. The Kier molecular flexibility index (Phi) is 21.1. The molecule has 17 aromatic carbocycles. The van der Waals surface area contributed by atoms with E-state index in [2.05, 4.69) is 358 Å². The normalized spacial score (nSPS) is 11.3. The number of nitrogens with zero attached hydrogens (tertiary/aromatic N) is 9. The van der Waals surface area contributed by atoms with Crippen LogP contribution in [0.1, 0.15) is 0 Å². The third-order valence-electron chi connectivity index (χ3n) is 22.1. The van der Waals surface area contributed by atoms with Crippen LogP contribution in [0.15, 0.2) is 431 Å². The molecule has 0 radical (unpaired) electrons. The van der Waals surface area contributed by atoms with E-state index in [1.54, 1.807) is 0 Å². The third kappa shape index (κ3) is 15.7. The van der Waals surface area contributed by atoms with Gasteiger partial charge < -0.3 is 0 Å². The van der Waals surface area contributed by atoms with E-state index in [1.807, 2.05) is 72.8 Å². The van der Waals surface area contributed by atoms with Crippen LogP contribution in [-0.4, -0.2) is 88.4 Å². The summed E-state index contributed by atoms with van der Waals surface area (Å²) in [5.74, 6) is 6.19. The first-order chi connectivity index (χ1) is 60.9. The Balaban J connectivity index is 0.000000114. The molecule has 0 saturated carbocycles. The summed E-state index contributed by atoms with van der Waals surface area (Å²) in [4.78, 5) is 45.1. The maximum absolute atomic E-state index is 5.11. The SMILES string of the molecule is c1ccc(-c2ccc(-c3nc(-c4ccccc4)nc(-c4cccc5c4[se]c4c(-c6ccccc6)cccc45)n3)cc2)cc1.c1ccc(-c2ccc(-c3nc(-c4ccccc4)nc(-c4cccc5c4[se]c4ccccc45)n3)cc2)cc1.c1ccc(-c2cccc(-c3nc(-c4ccccc4)nc(-c4ccc5c(c4)[se]c4c(-c6ccccc6)cccc45)n3)c2)cc1. The van der Waals surface area contributed by atoms with Crippen molar-refractivity contribution in [2.75, 3.05) is 0 Å². The fourth-order valence-corrected chi connectivity index (χ4v) is 24.0. The Morgan fingerprint density at radius 2 is 0.350 bits per heavy atom. The zero-order valence-electron chi connectivity index (χ0n) is 66.2. The average Bonchev–Trinajstić information content (AvgIpc) is 1.32. The molecule has 6 aromatic heterocycles. The van der Waals surface area contributed by atoms with E-state index in [0.29, 0.717) is 46.6 Å². The van der Waals surface area contributed by atoms with Gasteiger partial charge in [0.1, 0.15) is 0 Å². The molecule has 0 unspecified atom stereocenters. The maximum atomic E-state index is 5.11. The number of hydrogen-bond donors (Lipinski definition) is 0. The van der Waals surface area contributed by atoms with Crippen molar-refractivity contribution < 1.29 is 0 Å². The molecule has 12 heteroatoms. The molecular weight excluding hydrogens is 1700 g/mol. The van der Waals surface area contributed by atoms with Crippen molar-refractivity contribution in [3.63, 3.8) is 0 Å². The molecule has 578 valence electrons. The van der Waals surface area contributed by atoms with Gasteiger partial charge in [0.15, 0.2) is 0 Å². The van der Waals surface area contributed by atoms with Crippen LogP contribution in [0, 0.1) is 0 Å². The van der Waals surface area contributed by atoms with Crippen molar-refractivity contribution in [1.29, 1.82) is 0 Å². The van der Waals surface area contributed by atoms with E-state index in [0.717, 1.165) is 72.6 Å². The van der Waals surface area contributed by atoms with Gasteiger partial charge in [-0.05, 0) is 0 Å². The Morgan fingerprint density at radius 3 is 0.764 bits per heavy atom. The zero-order chi connectivity index (χ0) is 81.8. The summed E-state index contributed by atoms with van der Waals surface area (Å²) < 4.78 is 8.28. The minimum absolute atomic E-state index is 0.102. The van der Waals surface area contributed by atoms with Gasteiger partial charge in [-0.15, -0.1) is 0 Å². The molecule has 0 aliphatic carbocycles. The molecule has 23 aromatic rings. The second kappa shape index (κ2) is 34.2. The van der Waals surface area contributed by atoms with Crippen molar-refractivity contribution >= 4 is 101 Å². The quantitative estimate of drug-likeness (QED) is 0.0981. The second-order valence-corrected chi connectivity index (χ2v) is 36.4. The molecule has 23 rings (SSSR count). The van der Waals surface area contributed by atoms with Crippen molar-refractivity contribution in [2.45, 2.75) is 0 Å². The number of benzene rings is 17. The Hall–Kier alpha value is -14.7. The van der Waals surface area contributed by atoms with Crippen molar-refractivity contribution in [3.05, 3.63) is 431 Å². The van der Waals surface area contributed by atoms with Gasteiger partial charge >= 0.3 is 717 Å². The molecular formula is C111H71N9Se3. The topological polar surface area (TPSA) is 116 Å². The fourth-order valence-electron chi connectivity index (χ4n) is 15.9. The van der Waals surface area contributed by atoms with E-state index < -0.39 is 0 Å². The Bertz CT molecular complexity index is 7750. The van der Waals surface area contributed by atoms with Crippen LogP contribution in [0.2, 0.25) is 0 Å². The van der Waals surface area contributed by atoms with Crippen LogP contribution in [-0.2, 0) is 0 Å². The van der Waals surface area contributed by atoms with E-state index in [4.69, 9.17) is 44.9 Å². The van der Waals surface area contributed by atoms with Gasteiger partial charge in [-0.3, -0.25) is 0 Å². The molecule has 0 aliphatic rings. The summed E-state index contributed by atoms with van der Waals surface area (Å²) in [6.45, 7) is 0. The molecule has 0 spiro atoms. The molecule has 123 heavy (non-hydrogen) atoms. The van der Waals surface area contributed by atoms with Gasteiger partial charge in [-0.2, -0.15) is 0 Å². The van der Waals surface area contributed by atoms with Crippen molar-refractivity contribution in [2.24, 2.45) is 0 Å². The predicted molar refractivity (Wildman–Crippen MR) is 511 cm³/mol. The first-order valence-corrected chi connectivity index (χ1v) is 45.9. The molecule has 0 bridgehead atoms. The minimum atomic E-state index is 0.102. The Labute approximate surface area is 729 Å². The van der Waals surface area contributed by atoms with E-state index in [9.17, 15) is 0 Å². The average molecular weight is 1770 g/mol. The first-order valence-electron chi connectivity index (χ1n) is 40.8. The van der Waals surface area contributed by atoms with Crippen LogP contribution in [0.25, 0.3) is 216 Å². The fraction of sp³-hybridized carbons (Fsp3) is 0. The van der Waals surface area contributed by atoms with Gasteiger partial charge in [0.25, 0.3) is 0 Å². The van der Waals surface area contributed by atoms with Gasteiger partial charge in [-0.1, -0.05) is 18.2 Å². The molecule has 9 nitrogen and oxygen atoms in total. The second-order valence-electron chi connectivity index (χ2n) is 29.8. The summed E-state index contributed by atoms with van der Waals surface area (Å²) in [5.41, 5.74) is 21.2. The molecule has 0 atom stereocenters. The summed E-state index contributed by atoms with van der Waals surface area (Å²) in [7, 11) is 0. The first kappa shape index (κ1) is 75.8. The third-order valence-corrected chi connectivity index (χ3v) is 29.9. The Morgan fingerprint density at radius 1 is 0.122 bits per heavy atom. The molecule has 0 fully saturated rings. The van der Waals surface area contributed by atoms with Crippen molar-refractivity contribution in [3.8, 4) is 158 Å². The number of aromatic nitrogens is 9. The van der Waals surface area contributed by atoms with E-state index in [-0.39, 0.29) is 43.5 Å².